The summed E-state index contributed by atoms with van der Waals surface area (Å²) in [6, 6.07) is 0.893. The number of nitrogens with zero attached hydrogens (tertiary/aromatic N) is 1. The van der Waals surface area contributed by atoms with E-state index in [1.54, 1.807) is 0 Å². The van der Waals surface area contributed by atoms with E-state index >= 15 is 0 Å². The molecule has 24 heteroatoms. The molecule has 210 valence electrons. The quantitative estimate of drug-likeness (QED) is 0.0990. The molecular weight excluding hydrogens is 604 g/mol. The number of aromatic amines is 1. The van der Waals surface area contributed by atoms with Crippen LogP contribution in [0.3, 0.4) is 0 Å². The second-order valence-corrected chi connectivity index (χ2v) is 10.6. The summed E-state index contributed by atoms with van der Waals surface area (Å²) in [4.78, 5) is 59.9. The van der Waals surface area contributed by atoms with Gasteiger partial charge >= 0.3 is 70.8 Å². The predicted octanol–water partition coefficient (Wildman–Crippen LogP) is -12.0. The van der Waals surface area contributed by atoms with E-state index in [9.17, 15) is 58.8 Å². The standard InChI is InChI=1S/C15H22N2O18P2.2Na/c18-5-1-2-17(15(26)16-5)12-9(22)6(19)4(32-12)3-31-36(27,28)35-37(29,30)34-14-10(23)7(20)8(21)11(33-14)13(24)25;;/h1-2,4,6-12,14,19-23H,3H2,(H,24,25)(H,27,28)(H,29,30)(H,16,18,26);;/q;2*+1/p-2/t4-,6-,7+,8+,9-,10-,11+,12-,14-;;/m1../s1. The first kappa shape index (κ1) is 37.2. The minimum absolute atomic E-state index is 0. The Bertz CT molecular complexity index is 1210. The molecule has 39 heavy (non-hydrogen) atoms. The van der Waals surface area contributed by atoms with Gasteiger partial charge in [-0.15, -0.1) is 0 Å². The summed E-state index contributed by atoms with van der Waals surface area (Å²) in [5.74, 6) is -1.88. The normalized spacial score (nSPS) is 35.6. The van der Waals surface area contributed by atoms with Crippen molar-refractivity contribution in [2.75, 3.05) is 6.61 Å². The topological polar surface area (TPSA) is 320 Å². The van der Waals surface area contributed by atoms with E-state index in [1.165, 1.54) is 0 Å². The van der Waals surface area contributed by atoms with Gasteiger partial charge in [-0.1, -0.05) is 0 Å². The van der Waals surface area contributed by atoms with E-state index in [0.29, 0.717) is 4.57 Å². The molecule has 1 aromatic rings. The number of aliphatic hydroxyl groups is 5. The van der Waals surface area contributed by atoms with Crippen LogP contribution in [-0.2, 0) is 36.8 Å². The number of carbonyl (C=O) groups is 1. The first-order valence-corrected chi connectivity index (χ1v) is 12.9. The van der Waals surface area contributed by atoms with Gasteiger partial charge in [0.1, 0.15) is 36.6 Å². The first-order valence-electron chi connectivity index (χ1n) is 9.95. The Labute approximate surface area is 260 Å². The van der Waals surface area contributed by atoms with Gasteiger partial charge in [0.25, 0.3) is 21.2 Å². The average Bonchev–Trinajstić information content (AvgIpc) is 3.05. The largest absolute Gasteiger partial charge is 1.00 e. The van der Waals surface area contributed by atoms with Crippen LogP contribution in [0.25, 0.3) is 0 Å². The van der Waals surface area contributed by atoms with Gasteiger partial charge in [0.2, 0.25) is 0 Å². The zero-order valence-corrected chi connectivity index (χ0v) is 25.8. The smallest absolute Gasteiger partial charge is 0.756 e. The van der Waals surface area contributed by atoms with Gasteiger partial charge in [-0.25, -0.2) is 13.9 Å². The number of carboxylic acids is 1. The van der Waals surface area contributed by atoms with Crippen molar-refractivity contribution < 1.29 is 136 Å². The minimum atomic E-state index is -6.04. The Morgan fingerprint density at radius 1 is 0.974 bits per heavy atom. The first-order chi connectivity index (χ1) is 17.0. The second kappa shape index (κ2) is 14.5. The number of phosphoric acid groups is 2. The molecular formula is C15H20N2Na2O18P2. The number of H-pyrrole nitrogens is 1. The summed E-state index contributed by atoms with van der Waals surface area (Å²) in [6.45, 7) is -1.16. The number of aliphatic carboxylic acids is 1. The third-order valence-electron chi connectivity index (χ3n) is 5.11. The predicted molar refractivity (Wildman–Crippen MR) is 105 cm³/mol. The number of phosphoric ester groups is 2. The molecule has 0 aliphatic carbocycles. The molecule has 2 aliphatic heterocycles. The molecule has 0 bridgehead atoms. The van der Waals surface area contributed by atoms with Crippen LogP contribution in [0.4, 0.5) is 0 Å². The number of hydrogen-bond acceptors (Lipinski definition) is 17. The summed E-state index contributed by atoms with van der Waals surface area (Å²) in [7, 11) is -11.9. The third kappa shape index (κ3) is 9.06. The third-order valence-corrected chi connectivity index (χ3v) is 7.64. The number of rotatable bonds is 9. The van der Waals surface area contributed by atoms with Crippen molar-refractivity contribution in [2.24, 2.45) is 0 Å². The maximum atomic E-state index is 12.0. The van der Waals surface area contributed by atoms with E-state index in [-0.39, 0.29) is 59.1 Å². The Morgan fingerprint density at radius 3 is 2.15 bits per heavy atom. The van der Waals surface area contributed by atoms with Gasteiger partial charge in [0.15, 0.2) is 18.6 Å². The van der Waals surface area contributed by atoms with Crippen molar-refractivity contribution in [3.63, 3.8) is 0 Å². The van der Waals surface area contributed by atoms with Gasteiger partial charge in [-0.05, 0) is 0 Å². The molecule has 3 heterocycles. The van der Waals surface area contributed by atoms with Gasteiger partial charge in [-0.2, -0.15) is 0 Å². The van der Waals surface area contributed by atoms with Crippen molar-refractivity contribution in [3.8, 4) is 0 Å². The molecule has 1 aromatic heterocycles. The Kier molecular flexibility index (Phi) is 13.9. The van der Waals surface area contributed by atoms with Gasteiger partial charge in [0.05, 0.1) is 6.61 Å². The molecule has 2 unspecified atom stereocenters. The summed E-state index contributed by atoms with van der Waals surface area (Å²) < 4.78 is 46.6. The van der Waals surface area contributed by atoms with Crippen LogP contribution in [0.1, 0.15) is 6.23 Å². The number of nitrogens with one attached hydrogen (secondary N) is 1. The molecule has 3 rings (SSSR count). The number of ether oxygens (including phenoxy) is 2. The van der Waals surface area contributed by atoms with E-state index < -0.39 is 94.7 Å². The van der Waals surface area contributed by atoms with Crippen molar-refractivity contribution in [2.45, 2.75) is 55.2 Å². The van der Waals surface area contributed by atoms with Crippen molar-refractivity contribution >= 4 is 21.6 Å². The second-order valence-electron chi connectivity index (χ2n) is 7.68. The van der Waals surface area contributed by atoms with Crippen molar-refractivity contribution in [3.05, 3.63) is 33.1 Å². The van der Waals surface area contributed by atoms with E-state index in [2.05, 4.69) is 18.1 Å². The molecule has 20 nitrogen and oxygen atoms in total. The molecule has 0 saturated carbocycles. The molecule has 0 aromatic carbocycles. The Morgan fingerprint density at radius 2 is 1.59 bits per heavy atom. The van der Waals surface area contributed by atoms with Crippen molar-refractivity contribution in [1.82, 2.24) is 9.55 Å². The minimum Gasteiger partial charge on any atom is -0.756 e. The van der Waals surface area contributed by atoms with Gasteiger partial charge < -0.3 is 54.4 Å². The number of carboxylic acid groups (broad SMARTS) is 1. The summed E-state index contributed by atoms with van der Waals surface area (Å²) in [6.07, 6.45) is -17.7. The molecule has 7 N–H and O–H groups in total. The maximum absolute atomic E-state index is 12.0. The molecule has 2 fully saturated rings. The fourth-order valence-electron chi connectivity index (χ4n) is 3.32. The van der Waals surface area contributed by atoms with Crippen LogP contribution < -0.4 is 80.2 Å². The van der Waals surface area contributed by atoms with Gasteiger partial charge in [0, 0.05) is 12.3 Å². The number of aromatic nitrogens is 2. The maximum Gasteiger partial charge on any atom is 1.00 e. The fourth-order valence-corrected chi connectivity index (χ4v) is 5.40. The molecule has 0 radical (unpaired) electrons. The van der Waals surface area contributed by atoms with Crippen LogP contribution in [-0.4, -0.2) is 102 Å². The Hall–Kier alpha value is 0.130. The molecule has 2 aliphatic rings. The molecule has 11 atom stereocenters. The number of aliphatic hydroxyl groups excluding tert-OH is 5. The van der Waals surface area contributed by atoms with E-state index in [0.717, 1.165) is 12.3 Å². The summed E-state index contributed by atoms with van der Waals surface area (Å²) in [5, 5.41) is 58.1. The van der Waals surface area contributed by atoms with E-state index in [4.69, 9.17) is 9.84 Å². The molecule has 0 amide bonds. The summed E-state index contributed by atoms with van der Waals surface area (Å²) in [5.41, 5.74) is -1.82. The van der Waals surface area contributed by atoms with Crippen LogP contribution in [0.15, 0.2) is 21.9 Å². The molecule has 2 saturated heterocycles. The van der Waals surface area contributed by atoms with Crippen LogP contribution in [0.5, 0.6) is 0 Å². The van der Waals surface area contributed by atoms with E-state index in [1.807, 2.05) is 4.98 Å². The zero-order chi connectivity index (χ0) is 27.9. The number of hydrogen-bond donors (Lipinski definition) is 7. The van der Waals surface area contributed by atoms with Gasteiger partial charge in [-0.3, -0.25) is 28.0 Å². The SMILES string of the molecule is O=C(O)[C@H]1O[C@H](OP(=O)([O-])OP(=O)([O-])OC[C@H]2O[C@@H](n3ccc(=O)[nH]c3=O)[C@H](O)[C@@H]2O)[C@H](O)[C@@H](O)[C@@H]1O.[Na+].[Na+]. The van der Waals surface area contributed by atoms with Crippen LogP contribution >= 0.6 is 15.6 Å². The zero-order valence-electron chi connectivity index (χ0n) is 20.0. The monoisotopic (exact) mass is 624 g/mol. The average molecular weight is 624 g/mol. The molecule has 0 spiro atoms. The van der Waals surface area contributed by atoms with Crippen molar-refractivity contribution in [1.29, 1.82) is 0 Å². The van der Waals surface area contributed by atoms with Crippen LogP contribution in [0, 0.1) is 0 Å². The van der Waals surface area contributed by atoms with Crippen LogP contribution in [0.2, 0.25) is 0 Å². The summed E-state index contributed by atoms with van der Waals surface area (Å²) >= 11 is 0. The Balaban J connectivity index is 0.00000380. The fraction of sp³-hybridized carbons (Fsp3) is 0.667.